The van der Waals surface area contributed by atoms with Crippen LogP contribution >= 0.6 is 0 Å². The van der Waals surface area contributed by atoms with E-state index in [0.29, 0.717) is 29.0 Å². The van der Waals surface area contributed by atoms with Gasteiger partial charge in [0.15, 0.2) is 0 Å². The minimum Gasteiger partial charge on any atom is -0.393 e. The maximum Gasteiger partial charge on any atom is 0.0608 e. The Hall–Kier alpha value is -0.120. The van der Waals surface area contributed by atoms with Crippen LogP contribution in [0.2, 0.25) is 0 Å². The second kappa shape index (κ2) is 5.96. The molecule has 9 atom stereocenters. The zero-order valence-electron chi connectivity index (χ0n) is 16.0. The van der Waals surface area contributed by atoms with Gasteiger partial charge in [-0.05, 0) is 85.9 Å². The van der Waals surface area contributed by atoms with Crippen LogP contribution in [0, 0.1) is 34.5 Å². The molecule has 138 valence electrons. The number of hydrogen-bond donors (Lipinski definition) is 1. The Bertz CT molecular complexity index is 480. The minimum atomic E-state index is -0.115. The smallest absolute Gasteiger partial charge is 0.0608 e. The van der Waals surface area contributed by atoms with Crippen LogP contribution in [0.4, 0.5) is 0 Å². The summed E-state index contributed by atoms with van der Waals surface area (Å²) in [6.45, 7) is 5.05. The van der Waals surface area contributed by atoms with E-state index < -0.39 is 0 Å². The zero-order chi connectivity index (χ0) is 17.1. The molecule has 0 amide bonds. The molecule has 4 saturated carbocycles. The van der Waals surface area contributed by atoms with Crippen molar-refractivity contribution in [2.24, 2.45) is 34.5 Å². The predicted molar refractivity (Wildman–Crippen MR) is 94.7 cm³/mol. The summed E-state index contributed by atoms with van der Waals surface area (Å²) >= 11 is 0. The van der Waals surface area contributed by atoms with E-state index in [9.17, 15) is 5.11 Å². The fraction of sp³-hybridized carbons (Fsp3) is 1.00. The third kappa shape index (κ3) is 2.41. The molecule has 0 aromatic carbocycles. The lowest BCUT2D eigenvalue weighted by Gasteiger charge is -2.62. The summed E-state index contributed by atoms with van der Waals surface area (Å²) in [6, 6.07) is 0. The Morgan fingerprint density at radius 3 is 2.38 bits per heavy atom. The molecule has 3 heteroatoms. The van der Waals surface area contributed by atoms with Crippen molar-refractivity contribution in [3.63, 3.8) is 0 Å². The third-order valence-corrected chi connectivity index (χ3v) is 8.99. The van der Waals surface area contributed by atoms with Gasteiger partial charge < -0.3 is 14.6 Å². The molecule has 4 aliphatic carbocycles. The average molecular weight is 337 g/mol. The standard InChI is InChI=1S/C21H36O3/c1-20-7-6-16-15(17(20)10-14(12-20)23-3)11-19(24-4)18-9-13(22)5-8-21(16,18)2/h13-19,22H,5-12H2,1-4H3/t13?,14-,15+,16-,17-,18?,19+,20+,21+/m1/s1. The lowest BCUT2D eigenvalue weighted by atomic mass is 9.44. The van der Waals surface area contributed by atoms with Gasteiger partial charge in [-0.15, -0.1) is 0 Å². The lowest BCUT2D eigenvalue weighted by molar-refractivity contribution is -0.175. The van der Waals surface area contributed by atoms with Crippen LogP contribution in [0.5, 0.6) is 0 Å². The number of aliphatic hydroxyl groups is 1. The molecular formula is C21H36O3. The van der Waals surface area contributed by atoms with Crippen LogP contribution in [0.25, 0.3) is 0 Å². The normalized spacial score (nSPS) is 57.1. The molecule has 0 aliphatic heterocycles. The number of ether oxygens (including phenoxy) is 2. The first kappa shape index (κ1) is 17.3. The summed E-state index contributed by atoms with van der Waals surface area (Å²) < 4.78 is 11.8. The predicted octanol–water partition coefficient (Wildman–Crippen LogP) is 4.03. The molecule has 4 fully saturated rings. The summed E-state index contributed by atoms with van der Waals surface area (Å²) in [4.78, 5) is 0. The summed E-state index contributed by atoms with van der Waals surface area (Å²) in [5.41, 5.74) is 0.826. The molecule has 2 unspecified atom stereocenters. The van der Waals surface area contributed by atoms with E-state index in [1.165, 1.54) is 38.5 Å². The summed E-state index contributed by atoms with van der Waals surface area (Å²) in [7, 11) is 3.78. The minimum absolute atomic E-state index is 0.115. The van der Waals surface area contributed by atoms with Crippen LogP contribution in [-0.4, -0.2) is 37.6 Å². The highest BCUT2D eigenvalue weighted by atomic mass is 16.5. The largest absolute Gasteiger partial charge is 0.393 e. The Kier molecular flexibility index (Phi) is 4.29. The highest BCUT2D eigenvalue weighted by Gasteiger charge is 2.61. The Morgan fingerprint density at radius 1 is 0.875 bits per heavy atom. The van der Waals surface area contributed by atoms with Crippen LogP contribution in [-0.2, 0) is 9.47 Å². The fourth-order valence-corrected chi connectivity index (χ4v) is 7.68. The van der Waals surface area contributed by atoms with Crippen molar-refractivity contribution in [2.75, 3.05) is 14.2 Å². The van der Waals surface area contributed by atoms with E-state index in [2.05, 4.69) is 13.8 Å². The van der Waals surface area contributed by atoms with E-state index >= 15 is 0 Å². The van der Waals surface area contributed by atoms with Crippen molar-refractivity contribution in [1.82, 2.24) is 0 Å². The zero-order valence-corrected chi connectivity index (χ0v) is 16.0. The first-order chi connectivity index (χ1) is 11.4. The molecule has 0 aromatic rings. The maximum atomic E-state index is 10.3. The van der Waals surface area contributed by atoms with Crippen molar-refractivity contribution in [3.05, 3.63) is 0 Å². The SMILES string of the molecule is CO[C@@H]1C[C@@H]2[C@H]3C[C@H](OC)C4CC(O)CC[C@@]4(C)[C@@H]3CC[C@@]2(C)C1. The van der Waals surface area contributed by atoms with Gasteiger partial charge in [0.1, 0.15) is 0 Å². The summed E-state index contributed by atoms with van der Waals surface area (Å²) in [5.74, 6) is 2.93. The molecule has 0 spiro atoms. The van der Waals surface area contributed by atoms with Crippen LogP contribution in [0.15, 0.2) is 0 Å². The van der Waals surface area contributed by atoms with E-state index in [1.807, 2.05) is 14.2 Å². The monoisotopic (exact) mass is 336 g/mol. The van der Waals surface area contributed by atoms with Crippen LogP contribution in [0.3, 0.4) is 0 Å². The third-order valence-electron chi connectivity index (χ3n) is 8.99. The first-order valence-electron chi connectivity index (χ1n) is 10.1. The fourth-order valence-electron chi connectivity index (χ4n) is 7.68. The van der Waals surface area contributed by atoms with E-state index in [1.54, 1.807) is 0 Å². The summed E-state index contributed by atoms with van der Waals surface area (Å²) in [6.07, 6.45) is 10.2. The number of rotatable bonds is 2. The van der Waals surface area contributed by atoms with Gasteiger partial charge in [-0.1, -0.05) is 13.8 Å². The molecular weight excluding hydrogens is 300 g/mol. The van der Waals surface area contributed by atoms with Crippen molar-refractivity contribution in [1.29, 1.82) is 0 Å². The van der Waals surface area contributed by atoms with Crippen molar-refractivity contribution in [2.45, 2.75) is 83.5 Å². The summed E-state index contributed by atoms with van der Waals surface area (Å²) in [5, 5.41) is 10.3. The number of aliphatic hydroxyl groups excluding tert-OH is 1. The van der Waals surface area contributed by atoms with Crippen LogP contribution in [0.1, 0.15) is 65.2 Å². The second-order valence-corrected chi connectivity index (χ2v) is 9.92. The number of methoxy groups -OCH3 is 2. The Morgan fingerprint density at radius 2 is 1.67 bits per heavy atom. The number of hydrogen-bond acceptors (Lipinski definition) is 3. The van der Waals surface area contributed by atoms with Crippen molar-refractivity contribution < 1.29 is 14.6 Å². The highest BCUT2D eigenvalue weighted by Crippen LogP contribution is 2.66. The molecule has 0 bridgehead atoms. The van der Waals surface area contributed by atoms with Gasteiger partial charge in [-0.3, -0.25) is 0 Å². The van der Waals surface area contributed by atoms with Gasteiger partial charge in [0.2, 0.25) is 0 Å². The van der Waals surface area contributed by atoms with Crippen LogP contribution < -0.4 is 0 Å². The van der Waals surface area contributed by atoms with Gasteiger partial charge >= 0.3 is 0 Å². The topological polar surface area (TPSA) is 38.7 Å². The average Bonchev–Trinajstić information content (AvgIpc) is 2.92. The van der Waals surface area contributed by atoms with Crippen molar-refractivity contribution >= 4 is 0 Å². The molecule has 3 nitrogen and oxygen atoms in total. The number of fused-ring (bicyclic) bond motifs is 5. The maximum absolute atomic E-state index is 10.3. The quantitative estimate of drug-likeness (QED) is 0.827. The van der Waals surface area contributed by atoms with Gasteiger partial charge in [-0.2, -0.15) is 0 Å². The second-order valence-electron chi connectivity index (χ2n) is 9.92. The molecule has 0 radical (unpaired) electrons. The first-order valence-corrected chi connectivity index (χ1v) is 10.1. The van der Waals surface area contributed by atoms with E-state index in [4.69, 9.17) is 9.47 Å². The highest BCUT2D eigenvalue weighted by molar-refractivity contribution is 5.10. The van der Waals surface area contributed by atoms with Gasteiger partial charge in [0.25, 0.3) is 0 Å². The van der Waals surface area contributed by atoms with E-state index in [0.717, 1.165) is 30.6 Å². The molecule has 0 heterocycles. The molecule has 4 aliphatic rings. The Balaban J connectivity index is 1.65. The molecule has 4 rings (SSSR count). The van der Waals surface area contributed by atoms with Gasteiger partial charge in [0, 0.05) is 14.2 Å². The lowest BCUT2D eigenvalue weighted by Crippen LogP contribution is -2.58. The molecule has 0 saturated heterocycles. The molecule has 0 aromatic heterocycles. The Labute approximate surface area is 147 Å². The van der Waals surface area contributed by atoms with Gasteiger partial charge in [0.05, 0.1) is 18.3 Å². The molecule has 24 heavy (non-hydrogen) atoms. The van der Waals surface area contributed by atoms with Gasteiger partial charge in [-0.25, -0.2) is 0 Å². The molecule has 1 N–H and O–H groups in total. The van der Waals surface area contributed by atoms with E-state index in [-0.39, 0.29) is 6.10 Å². The van der Waals surface area contributed by atoms with Crippen molar-refractivity contribution in [3.8, 4) is 0 Å².